The zero-order valence-electron chi connectivity index (χ0n) is 15.5. The second-order valence-electron chi connectivity index (χ2n) is 9.79. The van der Waals surface area contributed by atoms with Crippen molar-refractivity contribution in [2.45, 2.75) is 84.0 Å². The fourth-order valence-corrected chi connectivity index (χ4v) is 7.22. The molecule has 1 aliphatic heterocycles. The first-order chi connectivity index (χ1) is 11.2. The molecule has 0 unspecified atom stereocenters. The predicted molar refractivity (Wildman–Crippen MR) is 90.4 cm³/mol. The molecular weight excluding hydrogens is 304 g/mol. The summed E-state index contributed by atoms with van der Waals surface area (Å²) >= 11 is 0. The minimum Gasteiger partial charge on any atom is -0.396 e. The van der Waals surface area contributed by atoms with E-state index < -0.39 is 11.5 Å². The first-order valence-corrected chi connectivity index (χ1v) is 9.69. The lowest BCUT2D eigenvalue weighted by Crippen LogP contribution is -2.60. The topological polar surface area (TPSA) is 70.1 Å². The molecule has 3 aliphatic carbocycles. The molecule has 0 aromatic carbocycles. The smallest absolute Gasteiger partial charge is 0.145 e. The van der Waals surface area contributed by atoms with Crippen LogP contribution < -0.4 is 0 Å². The van der Waals surface area contributed by atoms with Gasteiger partial charge in [0.1, 0.15) is 11.9 Å². The van der Waals surface area contributed by atoms with Crippen LogP contribution in [0.2, 0.25) is 0 Å². The van der Waals surface area contributed by atoms with Crippen molar-refractivity contribution >= 4 is 5.78 Å². The van der Waals surface area contributed by atoms with Gasteiger partial charge >= 0.3 is 0 Å². The van der Waals surface area contributed by atoms with E-state index >= 15 is 0 Å². The molecule has 4 rings (SSSR count). The maximum atomic E-state index is 13.3. The Bertz CT molecular complexity index is 574. The largest absolute Gasteiger partial charge is 0.396 e. The van der Waals surface area contributed by atoms with E-state index in [1.807, 2.05) is 0 Å². The highest BCUT2D eigenvalue weighted by Gasteiger charge is 2.82. The Hall–Kier alpha value is -0.450. The Morgan fingerprint density at radius 2 is 1.96 bits per heavy atom. The third-order valence-electron chi connectivity index (χ3n) is 8.66. The van der Waals surface area contributed by atoms with E-state index in [2.05, 4.69) is 27.7 Å². The number of epoxide rings is 1. The van der Waals surface area contributed by atoms with E-state index in [0.29, 0.717) is 18.8 Å². The summed E-state index contributed by atoms with van der Waals surface area (Å²) in [7, 11) is 0. The normalized spacial score (nSPS) is 56.5. The highest BCUT2D eigenvalue weighted by Crippen LogP contribution is 2.75. The molecule has 1 spiro atoms. The van der Waals surface area contributed by atoms with Crippen LogP contribution in [0.1, 0.15) is 66.2 Å². The summed E-state index contributed by atoms with van der Waals surface area (Å²) in [5, 5.41) is 21.3. The quantitative estimate of drug-likeness (QED) is 0.761. The van der Waals surface area contributed by atoms with Crippen molar-refractivity contribution in [3.05, 3.63) is 0 Å². The fourth-order valence-electron chi connectivity index (χ4n) is 7.22. The highest BCUT2D eigenvalue weighted by atomic mass is 16.6. The van der Waals surface area contributed by atoms with E-state index in [9.17, 15) is 15.0 Å². The van der Waals surface area contributed by atoms with Crippen molar-refractivity contribution in [1.82, 2.24) is 0 Å². The number of aliphatic hydroxyl groups excluding tert-OH is 2. The molecule has 0 aromatic heterocycles. The Balaban J connectivity index is 1.84. The lowest BCUT2D eigenvalue weighted by atomic mass is 9.47. The van der Waals surface area contributed by atoms with Gasteiger partial charge in [-0.05, 0) is 48.3 Å². The fraction of sp³-hybridized carbons (Fsp3) is 0.950. The van der Waals surface area contributed by atoms with Crippen molar-refractivity contribution < 1.29 is 19.7 Å². The van der Waals surface area contributed by atoms with Gasteiger partial charge < -0.3 is 14.9 Å². The van der Waals surface area contributed by atoms with Gasteiger partial charge in [-0.15, -0.1) is 0 Å². The summed E-state index contributed by atoms with van der Waals surface area (Å²) in [4.78, 5) is 13.3. The number of Topliss-reactive ketones (excluding diaryl/α,β-unsaturated/α-hetero) is 1. The Morgan fingerprint density at radius 1 is 1.25 bits per heavy atom. The van der Waals surface area contributed by atoms with E-state index in [4.69, 9.17) is 4.74 Å². The van der Waals surface area contributed by atoms with Gasteiger partial charge in [-0.25, -0.2) is 0 Å². The van der Waals surface area contributed by atoms with Crippen LogP contribution in [0, 0.1) is 28.1 Å². The SMILES string of the molecule is CC(C)[C@@]12CCC(=O)[C@@]3([C@@H](O)C[C@@H]4[C@](C)(CO)CCC[C@@]43C)[C@@H]1O2. The van der Waals surface area contributed by atoms with Crippen LogP contribution in [0.25, 0.3) is 0 Å². The lowest BCUT2D eigenvalue weighted by molar-refractivity contribution is -0.156. The molecule has 7 atom stereocenters. The molecule has 3 saturated carbocycles. The maximum absolute atomic E-state index is 13.3. The number of carbonyl (C=O) groups excluding carboxylic acids is 1. The molecule has 0 aromatic rings. The summed E-state index contributed by atoms with van der Waals surface area (Å²) < 4.78 is 6.28. The second-order valence-corrected chi connectivity index (χ2v) is 9.79. The first kappa shape index (κ1) is 17.0. The Labute approximate surface area is 145 Å². The summed E-state index contributed by atoms with van der Waals surface area (Å²) in [6.07, 6.45) is 4.07. The molecule has 4 fully saturated rings. The summed E-state index contributed by atoms with van der Waals surface area (Å²) in [5.74, 6) is 0.742. The van der Waals surface area contributed by atoms with Gasteiger partial charge in [0.25, 0.3) is 0 Å². The maximum Gasteiger partial charge on any atom is 0.145 e. The number of rotatable bonds is 2. The van der Waals surface area contributed by atoms with Crippen LogP contribution >= 0.6 is 0 Å². The number of aliphatic hydroxyl groups is 2. The number of carbonyl (C=O) groups is 1. The van der Waals surface area contributed by atoms with Gasteiger partial charge in [0.2, 0.25) is 0 Å². The van der Waals surface area contributed by atoms with Gasteiger partial charge in [-0.1, -0.05) is 34.1 Å². The Kier molecular flexibility index (Phi) is 3.42. The molecule has 1 saturated heterocycles. The van der Waals surface area contributed by atoms with Gasteiger partial charge in [0.05, 0.1) is 17.1 Å². The van der Waals surface area contributed by atoms with Crippen LogP contribution in [0.4, 0.5) is 0 Å². The van der Waals surface area contributed by atoms with Crippen LogP contribution in [-0.2, 0) is 9.53 Å². The zero-order chi connectivity index (χ0) is 17.5. The zero-order valence-corrected chi connectivity index (χ0v) is 15.5. The van der Waals surface area contributed by atoms with Gasteiger partial charge in [-0.3, -0.25) is 4.79 Å². The van der Waals surface area contributed by atoms with Crippen molar-refractivity contribution in [2.75, 3.05) is 6.61 Å². The molecule has 24 heavy (non-hydrogen) atoms. The standard InChI is InChI=1S/C20H32O4/c1-12(2)19-9-6-14(22)20(16(19)24-19)15(23)10-13-17(3,11-21)7-5-8-18(13,20)4/h12-13,15-16,21,23H,5-11H2,1-4H3/t13-,15+,16-,17+,18+,19+,20-/m1/s1. The molecular formula is C20H32O4. The average Bonchev–Trinajstić information content (AvgIpc) is 3.22. The first-order valence-electron chi connectivity index (χ1n) is 9.69. The molecule has 1 heterocycles. The van der Waals surface area contributed by atoms with E-state index in [1.165, 1.54) is 0 Å². The van der Waals surface area contributed by atoms with Crippen LogP contribution in [-0.4, -0.2) is 40.4 Å². The lowest BCUT2D eigenvalue weighted by Gasteiger charge is -2.55. The number of ketones is 1. The minimum atomic E-state index is -0.767. The predicted octanol–water partition coefficient (Wildman–Crippen LogP) is 2.70. The van der Waals surface area contributed by atoms with Crippen molar-refractivity contribution in [3.8, 4) is 0 Å². The van der Waals surface area contributed by atoms with Crippen molar-refractivity contribution in [3.63, 3.8) is 0 Å². The molecule has 0 amide bonds. The molecule has 0 bridgehead atoms. The summed E-state index contributed by atoms with van der Waals surface area (Å²) in [6, 6.07) is 0. The molecule has 0 radical (unpaired) electrons. The van der Waals surface area contributed by atoms with E-state index in [0.717, 1.165) is 25.7 Å². The third-order valence-corrected chi connectivity index (χ3v) is 8.66. The minimum absolute atomic E-state index is 0.130. The molecule has 4 aliphatic rings. The molecule has 4 heteroatoms. The van der Waals surface area contributed by atoms with E-state index in [-0.39, 0.29) is 40.8 Å². The Morgan fingerprint density at radius 3 is 2.58 bits per heavy atom. The highest BCUT2D eigenvalue weighted by molar-refractivity contribution is 5.90. The molecule has 4 nitrogen and oxygen atoms in total. The van der Waals surface area contributed by atoms with Crippen LogP contribution in [0.3, 0.4) is 0 Å². The van der Waals surface area contributed by atoms with E-state index in [1.54, 1.807) is 0 Å². The van der Waals surface area contributed by atoms with Gasteiger partial charge in [0, 0.05) is 13.0 Å². The van der Waals surface area contributed by atoms with Gasteiger partial charge in [-0.2, -0.15) is 0 Å². The number of fused-ring (bicyclic) bond motifs is 4. The molecule has 2 N–H and O–H groups in total. The number of hydrogen-bond acceptors (Lipinski definition) is 4. The monoisotopic (exact) mass is 336 g/mol. The summed E-state index contributed by atoms with van der Waals surface area (Å²) in [5.41, 5.74) is -1.47. The van der Waals surface area contributed by atoms with Crippen molar-refractivity contribution in [1.29, 1.82) is 0 Å². The number of hydrogen-bond donors (Lipinski definition) is 2. The third kappa shape index (κ3) is 1.64. The van der Waals surface area contributed by atoms with Crippen molar-refractivity contribution in [2.24, 2.45) is 28.1 Å². The van der Waals surface area contributed by atoms with Crippen LogP contribution in [0.15, 0.2) is 0 Å². The average molecular weight is 336 g/mol. The van der Waals surface area contributed by atoms with Gasteiger partial charge in [0.15, 0.2) is 0 Å². The number of ether oxygens (including phenoxy) is 1. The molecule has 136 valence electrons. The summed E-state index contributed by atoms with van der Waals surface area (Å²) in [6.45, 7) is 8.81. The second kappa shape index (κ2) is 4.83. The van der Waals surface area contributed by atoms with Crippen LogP contribution in [0.5, 0.6) is 0 Å².